The number of nitrogens with zero attached hydrogens (tertiary/aromatic N) is 1. The minimum absolute atomic E-state index is 0.166. The van der Waals surface area contributed by atoms with Gasteiger partial charge in [-0.1, -0.05) is 36.4 Å². The van der Waals surface area contributed by atoms with Crippen LogP contribution in [0, 0.1) is 5.92 Å². The molecule has 0 aliphatic carbocycles. The van der Waals surface area contributed by atoms with Crippen LogP contribution in [0.5, 0.6) is 5.75 Å². The number of benzene rings is 2. The largest absolute Gasteiger partial charge is 0.481 e. The molecule has 2 aromatic rings. The summed E-state index contributed by atoms with van der Waals surface area (Å²) in [7, 11) is 0. The molecule has 0 bridgehead atoms. The number of aliphatic carboxylic acids is 1. The quantitative estimate of drug-likeness (QED) is 0.200. The second-order valence-electron chi connectivity index (χ2n) is 10.3. The minimum atomic E-state index is -1.44. The van der Waals surface area contributed by atoms with Crippen molar-refractivity contribution in [3.05, 3.63) is 42.5 Å². The average molecular weight is 569 g/mol. The van der Waals surface area contributed by atoms with Gasteiger partial charge in [-0.2, -0.15) is 0 Å². The van der Waals surface area contributed by atoms with Gasteiger partial charge >= 0.3 is 11.9 Å². The van der Waals surface area contributed by atoms with Crippen molar-refractivity contribution >= 4 is 40.4 Å². The van der Waals surface area contributed by atoms with Crippen LogP contribution in [0.3, 0.4) is 0 Å². The third-order valence-corrected chi connectivity index (χ3v) is 7.23. The fourth-order valence-electron chi connectivity index (χ4n) is 4.90. The van der Waals surface area contributed by atoms with E-state index in [-0.39, 0.29) is 12.5 Å². The molecule has 0 saturated carbocycles. The number of hydrogen-bond donors (Lipinski definition) is 4. The number of ether oxygens (including phenoxy) is 1. The van der Waals surface area contributed by atoms with Crippen molar-refractivity contribution in [1.29, 1.82) is 0 Å². The molecule has 1 fully saturated rings. The summed E-state index contributed by atoms with van der Waals surface area (Å²) in [5.74, 6) is -2.81. The lowest BCUT2D eigenvalue weighted by atomic mass is 9.92. The first-order valence-electron chi connectivity index (χ1n) is 14.2. The summed E-state index contributed by atoms with van der Waals surface area (Å²) < 4.78 is 5.49. The number of hydrogen-bond acceptors (Lipinski definition) is 7. The second-order valence-corrected chi connectivity index (χ2v) is 10.3. The smallest absolute Gasteiger partial charge is 0.333 e. The lowest BCUT2D eigenvalue weighted by molar-refractivity contribution is -0.142. The third-order valence-electron chi connectivity index (χ3n) is 7.23. The number of nitrogens with one attached hydrogen (secondary N) is 3. The van der Waals surface area contributed by atoms with Crippen LogP contribution in [0.1, 0.15) is 52.4 Å². The Labute approximate surface area is 240 Å². The van der Waals surface area contributed by atoms with Crippen molar-refractivity contribution in [3.8, 4) is 5.75 Å². The van der Waals surface area contributed by atoms with Gasteiger partial charge < -0.3 is 30.7 Å². The van der Waals surface area contributed by atoms with Crippen LogP contribution in [0.25, 0.3) is 10.8 Å². The third kappa shape index (κ3) is 9.86. The van der Waals surface area contributed by atoms with Crippen molar-refractivity contribution in [1.82, 2.24) is 20.9 Å². The van der Waals surface area contributed by atoms with Gasteiger partial charge in [-0.3, -0.25) is 19.2 Å². The van der Waals surface area contributed by atoms with Crippen molar-refractivity contribution in [2.24, 2.45) is 5.92 Å². The van der Waals surface area contributed by atoms with Crippen molar-refractivity contribution in [2.45, 2.75) is 64.5 Å². The first kappa shape index (κ1) is 31.5. The molecule has 0 aromatic heterocycles. The lowest BCUT2D eigenvalue weighted by Crippen LogP contribution is -2.53. The maximum Gasteiger partial charge on any atom is 0.333 e. The first-order chi connectivity index (χ1) is 19.7. The standard InChI is InChI=1S/C30H40N4O7/c1-3-34(27(36)13-6-8-21-14-16-31-17-15-21)19-26(35)33-24(18-28(37)38)29(39)32-20(2)30(40)41-25-12-7-10-22-9-4-5-11-23(22)25/h4-5,7,9-12,20-21,24,31H,3,6,8,13-19H2,1-2H3,(H,32,39)(H,33,35)(H,37,38)/t20-,24-/m0/s1. The Balaban J connectivity index is 1.52. The van der Waals surface area contributed by atoms with E-state index in [1.807, 2.05) is 24.3 Å². The van der Waals surface area contributed by atoms with Gasteiger partial charge in [0.2, 0.25) is 17.7 Å². The monoisotopic (exact) mass is 568 g/mol. The molecule has 0 radical (unpaired) electrons. The minimum Gasteiger partial charge on any atom is -0.481 e. The predicted molar refractivity (Wildman–Crippen MR) is 153 cm³/mol. The van der Waals surface area contributed by atoms with Gasteiger partial charge in [-0.05, 0) is 70.0 Å². The molecule has 1 heterocycles. The van der Waals surface area contributed by atoms with Crippen LogP contribution in [0.2, 0.25) is 0 Å². The Morgan fingerprint density at radius 3 is 2.46 bits per heavy atom. The van der Waals surface area contributed by atoms with E-state index in [9.17, 15) is 29.1 Å². The molecule has 1 aliphatic rings. The lowest BCUT2D eigenvalue weighted by Gasteiger charge is -2.24. The van der Waals surface area contributed by atoms with Crippen LogP contribution in [0.15, 0.2) is 42.5 Å². The van der Waals surface area contributed by atoms with Crippen LogP contribution in [0.4, 0.5) is 0 Å². The number of carboxylic acid groups (broad SMARTS) is 1. The van der Waals surface area contributed by atoms with E-state index in [1.54, 1.807) is 25.1 Å². The number of piperidine rings is 1. The van der Waals surface area contributed by atoms with Gasteiger partial charge in [0.15, 0.2) is 0 Å². The number of carboxylic acids is 1. The summed E-state index contributed by atoms with van der Waals surface area (Å²) in [5, 5.41) is 19.1. The Morgan fingerprint density at radius 2 is 1.76 bits per heavy atom. The molecule has 41 heavy (non-hydrogen) atoms. The van der Waals surface area contributed by atoms with Crippen LogP contribution in [-0.4, -0.2) is 77.9 Å². The van der Waals surface area contributed by atoms with E-state index < -0.39 is 42.3 Å². The summed E-state index contributed by atoms with van der Waals surface area (Å²) in [6.07, 6.45) is 3.51. The van der Waals surface area contributed by atoms with Crippen molar-refractivity contribution in [3.63, 3.8) is 0 Å². The van der Waals surface area contributed by atoms with Gasteiger partial charge in [0, 0.05) is 18.4 Å². The zero-order valence-corrected chi connectivity index (χ0v) is 23.7. The highest BCUT2D eigenvalue weighted by atomic mass is 16.5. The number of rotatable bonds is 14. The van der Waals surface area contributed by atoms with E-state index in [0.717, 1.165) is 49.5 Å². The van der Waals surface area contributed by atoms with Gasteiger partial charge in [0.1, 0.15) is 17.8 Å². The Kier molecular flexibility index (Phi) is 12.1. The molecule has 2 aromatic carbocycles. The van der Waals surface area contributed by atoms with Crippen molar-refractivity contribution < 1.29 is 33.8 Å². The van der Waals surface area contributed by atoms with Gasteiger partial charge in [-0.25, -0.2) is 4.79 Å². The number of likely N-dealkylation sites (N-methyl/N-ethyl adjacent to an activating group) is 1. The fourth-order valence-corrected chi connectivity index (χ4v) is 4.90. The fraction of sp³-hybridized carbons (Fsp3) is 0.500. The molecule has 1 aliphatic heterocycles. The summed E-state index contributed by atoms with van der Waals surface area (Å²) >= 11 is 0. The first-order valence-corrected chi connectivity index (χ1v) is 14.2. The summed E-state index contributed by atoms with van der Waals surface area (Å²) in [4.78, 5) is 63.9. The summed E-state index contributed by atoms with van der Waals surface area (Å²) in [6, 6.07) is 10.0. The van der Waals surface area contributed by atoms with E-state index in [2.05, 4.69) is 16.0 Å². The molecule has 3 amide bonds. The Morgan fingerprint density at radius 1 is 1.05 bits per heavy atom. The maximum atomic E-state index is 12.9. The van der Waals surface area contributed by atoms with Crippen LogP contribution >= 0.6 is 0 Å². The molecule has 4 N–H and O–H groups in total. The predicted octanol–water partition coefficient (Wildman–Crippen LogP) is 2.23. The summed E-state index contributed by atoms with van der Waals surface area (Å²) in [5.41, 5.74) is 0. The topological polar surface area (TPSA) is 154 Å². The van der Waals surface area contributed by atoms with E-state index in [0.29, 0.717) is 24.6 Å². The molecular weight excluding hydrogens is 528 g/mol. The molecule has 11 heteroatoms. The number of carbonyl (C=O) groups excluding carboxylic acids is 4. The van der Waals surface area contributed by atoms with E-state index >= 15 is 0 Å². The van der Waals surface area contributed by atoms with Crippen LogP contribution < -0.4 is 20.7 Å². The second kappa shape index (κ2) is 15.7. The number of amides is 3. The highest BCUT2D eigenvalue weighted by Gasteiger charge is 2.28. The summed E-state index contributed by atoms with van der Waals surface area (Å²) in [6.45, 7) is 5.15. The molecule has 2 atom stereocenters. The molecular formula is C30H40N4O7. The zero-order valence-electron chi connectivity index (χ0n) is 23.7. The highest BCUT2D eigenvalue weighted by molar-refractivity contribution is 5.95. The molecule has 1 saturated heterocycles. The number of carbonyl (C=O) groups is 5. The van der Waals surface area contributed by atoms with Gasteiger partial charge in [-0.15, -0.1) is 0 Å². The molecule has 222 valence electrons. The molecule has 11 nitrogen and oxygen atoms in total. The SMILES string of the molecule is CCN(CC(=O)N[C@@H](CC(=O)O)C(=O)N[C@@H](C)C(=O)Oc1cccc2ccccc12)C(=O)CCCC1CCNCC1. The van der Waals surface area contributed by atoms with Crippen molar-refractivity contribution in [2.75, 3.05) is 26.2 Å². The highest BCUT2D eigenvalue weighted by Crippen LogP contribution is 2.25. The Bertz CT molecular complexity index is 1220. The van der Waals surface area contributed by atoms with Gasteiger partial charge in [0.25, 0.3) is 0 Å². The molecule has 0 spiro atoms. The Hall–Kier alpha value is -3.99. The molecule has 0 unspecified atom stereocenters. The van der Waals surface area contributed by atoms with E-state index in [4.69, 9.17) is 4.74 Å². The van der Waals surface area contributed by atoms with Crippen LogP contribution in [-0.2, 0) is 24.0 Å². The van der Waals surface area contributed by atoms with E-state index in [1.165, 1.54) is 11.8 Å². The molecule has 3 rings (SSSR count). The zero-order chi connectivity index (χ0) is 29.8. The van der Waals surface area contributed by atoms with Gasteiger partial charge in [0.05, 0.1) is 13.0 Å². The average Bonchev–Trinajstić information content (AvgIpc) is 2.96. The maximum absolute atomic E-state index is 12.9. The normalized spacial score (nSPS) is 15.0. The number of fused-ring (bicyclic) bond motifs is 1. The number of esters is 1.